The number of halogens is 1. The van der Waals surface area contributed by atoms with Crippen LogP contribution in [0.25, 0.3) is 22.6 Å². The molecule has 0 aliphatic carbocycles. The molecular weight excluding hydrogens is 429 g/mol. The van der Waals surface area contributed by atoms with Crippen molar-refractivity contribution in [3.63, 3.8) is 0 Å². The summed E-state index contributed by atoms with van der Waals surface area (Å²) in [6.45, 7) is 4.58. The number of aryl methyl sites for hydroxylation is 1. The fourth-order valence-electron chi connectivity index (χ4n) is 3.44. The van der Waals surface area contributed by atoms with E-state index in [4.69, 9.17) is 15.2 Å². The van der Waals surface area contributed by atoms with Crippen molar-refractivity contribution in [1.29, 1.82) is 0 Å². The standard InChI is InChI=1S/C22H26FN7O3/c1-13(2)20(24)22(31)32-11-16-10-30(12-33-16)15-5-6-17(18(23)8-15)14-4-7-19(25-9-14)21-26-27-28-29(21)3/h4-9,13,16,20H,10-12,24H2,1-3H3/t16-,20+/m1/s1. The van der Waals surface area contributed by atoms with E-state index in [0.29, 0.717) is 34.9 Å². The molecule has 3 heterocycles. The van der Waals surface area contributed by atoms with Crippen LogP contribution in [0.15, 0.2) is 36.5 Å². The van der Waals surface area contributed by atoms with Crippen LogP contribution in [0.1, 0.15) is 13.8 Å². The molecule has 1 aromatic carbocycles. The highest BCUT2D eigenvalue weighted by Crippen LogP contribution is 2.29. The van der Waals surface area contributed by atoms with Crippen LogP contribution in [0.3, 0.4) is 0 Å². The Morgan fingerprint density at radius 1 is 1.33 bits per heavy atom. The maximum Gasteiger partial charge on any atom is 0.323 e. The number of nitrogens with two attached hydrogens (primary N) is 1. The summed E-state index contributed by atoms with van der Waals surface area (Å²) in [4.78, 5) is 18.2. The third-order valence-electron chi connectivity index (χ3n) is 5.53. The molecule has 0 unspecified atom stereocenters. The number of carbonyl (C=O) groups excluding carboxylic acids is 1. The van der Waals surface area contributed by atoms with Crippen LogP contribution in [0.5, 0.6) is 0 Å². The Labute approximate surface area is 190 Å². The van der Waals surface area contributed by atoms with E-state index in [1.54, 1.807) is 31.4 Å². The minimum atomic E-state index is -0.662. The number of tetrazole rings is 1. The molecule has 1 fully saturated rings. The Morgan fingerprint density at radius 2 is 2.15 bits per heavy atom. The Bertz CT molecular complexity index is 1120. The van der Waals surface area contributed by atoms with Crippen LogP contribution in [-0.4, -0.2) is 63.2 Å². The summed E-state index contributed by atoms with van der Waals surface area (Å²) in [5, 5.41) is 11.3. The molecule has 0 bridgehead atoms. The molecule has 1 aliphatic rings. The van der Waals surface area contributed by atoms with E-state index >= 15 is 0 Å². The number of hydrogen-bond donors (Lipinski definition) is 1. The normalized spacial score (nSPS) is 16.9. The number of rotatable bonds is 7. The molecule has 1 saturated heterocycles. The maximum atomic E-state index is 14.9. The predicted octanol–water partition coefficient (Wildman–Crippen LogP) is 1.77. The average Bonchev–Trinajstić information content (AvgIpc) is 3.46. The van der Waals surface area contributed by atoms with Gasteiger partial charge in [0, 0.05) is 36.6 Å². The topological polar surface area (TPSA) is 121 Å². The number of ether oxygens (including phenoxy) is 2. The van der Waals surface area contributed by atoms with Crippen LogP contribution in [0.2, 0.25) is 0 Å². The highest BCUT2D eigenvalue weighted by molar-refractivity contribution is 5.75. The molecule has 0 radical (unpaired) electrons. The summed E-state index contributed by atoms with van der Waals surface area (Å²) >= 11 is 0. The Balaban J connectivity index is 1.39. The van der Waals surface area contributed by atoms with Crippen molar-refractivity contribution in [2.45, 2.75) is 26.0 Å². The van der Waals surface area contributed by atoms with E-state index in [2.05, 4.69) is 20.5 Å². The highest BCUT2D eigenvalue weighted by Gasteiger charge is 2.27. The molecule has 0 amide bonds. The Morgan fingerprint density at radius 3 is 2.79 bits per heavy atom. The van der Waals surface area contributed by atoms with Gasteiger partial charge >= 0.3 is 5.97 Å². The van der Waals surface area contributed by atoms with E-state index in [1.165, 1.54) is 10.7 Å². The van der Waals surface area contributed by atoms with Gasteiger partial charge in [0.1, 0.15) is 37.0 Å². The number of carbonyl (C=O) groups is 1. The molecule has 174 valence electrons. The smallest absolute Gasteiger partial charge is 0.323 e. The predicted molar refractivity (Wildman–Crippen MR) is 118 cm³/mol. The van der Waals surface area contributed by atoms with E-state index in [9.17, 15) is 9.18 Å². The van der Waals surface area contributed by atoms with E-state index < -0.39 is 12.0 Å². The lowest BCUT2D eigenvalue weighted by Gasteiger charge is -2.18. The third-order valence-corrected chi connectivity index (χ3v) is 5.53. The molecule has 1 aliphatic heterocycles. The van der Waals surface area contributed by atoms with Gasteiger partial charge in [-0.2, -0.15) is 0 Å². The molecule has 0 saturated carbocycles. The number of anilines is 1. The van der Waals surface area contributed by atoms with Crippen LogP contribution >= 0.6 is 0 Å². The molecule has 2 aromatic heterocycles. The van der Waals surface area contributed by atoms with Gasteiger partial charge in [0.15, 0.2) is 5.82 Å². The molecule has 0 spiro atoms. The summed E-state index contributed by atoms with van der Waals surface area (Å²) in [6.07, 6.45) is 1.29. The van der Waals surface area contributed by atoms with Gasteiger partial charge < -0.3 is 20.1 Å². The van der Waals surface area contributed by atoms with Crippen molar-refractivity contribution < 1.29 is 18.7 Å². The number of esters is 1. The first-order chi connectivity index (χ1) is 15.8. The van der Waals surface area contributed by atoms with E-state index in [0.717, 1.165) is 0 Å². The van der Waals surface area contributed by atoms with Crippen molar-refractivity contribution in [2.75, 3.05) is 24.8 Å². The summed E-state index contributed by atoms with van der Waals surface area (Å²) in [6, 6.07) is 7.86. The zero-order chi connectivity index (χ0) is 23.5. The fraction of sp³-hybridized carbons (Fsp3) is 0.409. The lowest BCUT2D eigenvalue weighted by atomic mass is 10.1. The summed E-state index contributed by atoms with van der Waals surface area (Å²) < 4.78 is 27.4. The van der Waals surface area contributed by atoms with E-state index in [1.807, 2.05) is 24.8 Å². The van der Waals surface area contributed by atoms with Crippen LogP contribution < -0.4 is 10.6 Å². The quantitative estimate of drug-likeness (QED) is 0.531. The molecule has 10 nitrogen and oxygen atoms in total. The fourth-order valence-corrected chi connectivity index (χ4v) is 3.44. The molecule has 2 atom stereocenters. The number of aromatic nitrogens is 5. The largest absolute Gasteiger partial charge is 0.462 e. The summed E-state index contributed by atoms with van der Waals surface area (Å²) in [5.41, 5.74) is 8.15. The van der Waals surface area contributed by atoms with Crippen molar-refractivity contribution in [1.82, 2.24) is 25.2 Å². The minimum absolute atomic E-state index is 0.00443. The minimum Gasteiger partial charge on any atom is -0.462 e. The Hall–Kier alpha value is -3.44. The first kappa shape index (κ1) is 22.7. The maximum absolute atomic E-state index is 14.9. The lowest BCUT2D eigenvalue weighted by Crippen LogP contribution is -2.38. The van der Waals surface area contributed by atoms with Crippen molar-refractivity contribution in [3.05, 3.63) is 42.3 Å². The van der Waals surface area contributed by atoms with Gasteiger partial charge in [0.05, 0.1) is 0 Å². The van der Waals surface area contributed by atoms with Gasteiger partial charge in [-0.05, 0) is 40.6 Å². The van der Waals surface area contributed by atoms with Gasteiger partial charge in [-0.25, -0.2) is 9.07 Å². The van der Waals surface area contributed by atoms with Crippen molar-refractivity contribution in [3.8, 4) is 22.6 Å². The second-order valence-corrected chi connectivity index (χ2v) is 8.26. The molecule has 3 aromatic rings. The number of hydrogen-bond acceptors (Lipinski definition) is 9. The summed E-state index contributed by atoms with van der Waals surface area (Å²) in [5.74, 6) is -0.300. The number of nitrogens with zero attached hydrogens (tertiary/aromatic N) is 6. The molecule has 11 heteroatoms. The van der Waals surface area contributed by atoms with E-state index in [-0.39, 0.29) is 31.2 Å². The van der Waals surface area contributed by atoms with Crippen LogP contribution in [0, 0.1) is 11.7 Å². The Kier molecular flexibility index (Phi) is 6.61. The second-order valence-electron chi connectivity index (χ2n) is 8.26. The number of pyridine rings is 1. The monoisotopic (exact) mass is 455 g/mol. The first-order valence-corrected chi connectivity index (χ1v) is 10.6. The van der Waals surface area contributed by atoms with Crippen LogP contribution in [0.4, 0.5) is 10.1 Å². The molecular formula is C22H26FN7O3. The first-order valence-electron chi connectivity index (χ1n) is 10.6. The van der Waals surface area contributed by atoms with Gasteiger partial charge in [0.25, 0.3) is 0 Å². The SMILES string of the molecule is CC(C)[C@H](N)C(=O)OC[C@H]1CN(c2ccc(-c3ccc(-c4nnnn4C)nc3)c(F)c2)CO1. The van der Waals surface area contributed by atoms with Gasteiger partial charge in [-0.1, -0.05) is 19.9 Å². The number of benzene rings is 1. The zero-order valence-corrected chi connectivity index (χ0v) is 18.7. The third kappa shape index (κ3) is 4.99. The molecule has 2 N–H and O–H groups in total. The molecule has 33 heavy (non-hydrogen) atoms. The average molecular weight is 455 g/mol. The summed E-state index contributed by atoms with van der Waals surface area (Å²) in [7, 11) is 1.72. The van der Waals surface area contributed by atoms with Gasteiger partial charge in [-0.3, -0.25) is 9.78 Å². The van der Waals surface area contributed by atoms with Crippen LogP contribution in [-0.2, 0) is 21.3 Å². The lowest BCUT2D eigenvalue weighted by molar-refractivity contribution is -0.149. The molecule has 4 rings (SSSR count). The van der Waals surface area contributed by atoms with Crippen molar-refractivity contribution in [2.24, 2.45) is 18.7 Å². The van der Waals surface area contributed by atoms with Gasteiger partial charge in [0.2, 0.25) is 0 Å². The van der Waals surface area contributed by atoms with Crippen molar-refractivity contribution >= 4 is 11.7 Å². The zero-order valence-electron chi connectivity index (χ0n) is 18.7. The van der Waals surface area contributed by atoms with Gasteiger partial charge in [-0.15, -0.1) is 5.10 Å². The second kappa shape index (κ2) is 9.59. The highest BCUT2D eigenvalue weighted by atomic mass is 19.1.